The van der Waals surface area contributed by atoms with E-state index in [0.29, 0.717) is 11.3 Å². The standard InChI is InChI=1S/C12H14N2O3/c1-13-8-4-3-5-10-6-7-11(14(15)16)9-12(10)17-2/h6-7,9,13H,4,8H2,1-2H3. The van der Waals surface area contributed by atoms with Gasteiger partial charge in [0.05, 0.1) is 23.7 Å². The van der Waals surface area contributed by atoms with Gasteiger partial charge in [0.25, 0.3) is 5.69 Å². The number of methoxy groups -OCH3 is 1. The van der Waals surface area contributed by atoms with Gasteiger partial charge in [-0.25, -0.2) is 0 Å². The molecule has 0 aromatic heterocycles. The van der Waals surface area contributed by atoms with Gasteiger partial charge in [0.15, 0.2) is 0 Å². The number of nitro benzene ring substituents is 1. The first-order valence-corrected chi connectivity index (χ1v) is 5.15. The molecule has 5 nitrogen and oxygen atoms in total. The van der Waals surface area contributed by atoms with Gasteiger partial charge in [0.2, 0.25) is 0 Å². The third-order valence-corrected chi connectivity index (χ3v) is 2.12. The number of hydrogen-bond acceptors (Lipinski definition) is 4. The Morgan fingerprint density at radius 3 is 2.88 bits per heavy atom. The molecule has 0 saturated carbocycles. The number of benzene rings is 1. The topological polar surface area (TPSA) is 64.4 Å². The van der Waals surface area contributed by atoms with E-state index in [1.54, 1.807) is 6.07 Å². The molecular formula is C12H14N2O3. The Hall–Kier alpha value is -2.06. The lowest BCUT2D eigenvalue weighted by Crippen LogP contribution is -2.05. The van der Waals surface area contributed by atoms with Crippen molar-refractivity contribution < 1.29 is 9.66 Å². The van der Waals surface area contributed by atoms with Crippen LogP contribution in [-0.4, -0.2) is 25.6 Å². The minimum Gasteiger partial charge on any atom is -0.495 e. The van der Waals surface area contributed by atoms with Crippen molar-refractivity contribution in [2.75, 3.05) is 20.7 Å². The number of non-ortho nitro benzene ring substituents is 1. The highest BCUT2D eigenvalue weighted by Crippen LogP contribution is 2.23. The molecule has 1 N–H and O–H groups in total. The summed E-state index contributed by atoms with van der Waals surface area (Å²) in [6.07, 6.45) is 0.719. The van der Waals surface area contributed by atoms with Crippen LogP contribution in [0.25, 0.3) is 0 Å². The zero-order valence-corrected chi connectivity index (χ0v) is 9.82. The van der Waals surface area contributed by atoms with E-state index in [0.717, 1.165) is 13.0 Å². The molecule has 90 valence electrons. The molecule has 0 amide bonds. The molecule has 0 aliphatic carbocycles. The van der Waals surface area contributed by atoms with Crippen molar-refractivity contribution in [3.05, 3.63) is 33.9 Å². The first-order valence-electron chi connectivity index (χ1n) is 5.15. The van der Waals surface area contributed by atoms with E-state index in [1.807, 2.05) is 7.05 Å². The SMILES string of the molecule is CNCCC#Cc1ccc([N+](=O)[O-])cc1OC. The van der Waals surface area contributed by atoms with Gasteiger partial charge >= 0.3 is 0 Å². The number of rotatable bonds is 4. The maximum atomic E-state index is 10.6. The predicted octanol–water partition coefficient (Wildman–Crippen LogP) is 1.56. The van der Waals surface area contributed by atoms with Crippen molar-refractivity contribution in [2.24, 2.45) is 0 Å². The second-order valence-corrected chi connectivity index (χ2v) is 3.30. The van der Waals surface area contributed by atoms with Gasteiger partial charge in [-0.15, -0.1) is 0 Å². The van der Waals surface area contributed by atoms with Crippen molar-refractivity contribution in [3.63, 3.8) is 0 Å². The van der Waals surface area contributed by atoms with Gasteiger partial charge < -0.3 is 10.1 Å². The molecule has 0 unspecified atom stereocenters. The molecule has 0 aliphatic rings. The Kier molecular flexibility index (Phi) is 4.98. The van der Waals surface area contributed by atoms with Crippen LogP contribution >= 0.6 is 0 Å². The molecule has 0 radical (unpaired) electrons. The zero-order valence-electron chi connectivity index (χ0n) is 9.82. The van der Waals surface area contributed by atoms with Crippen molar-refractivity contribution in [2.45, 2.75) is 6.42 Å². The molecule has 0 fully saturated rings. The molecular weight excluding hydrogens is 220 g/mol. The van der Waals surface area contributed by atoms with Crippen LogP contribution in [0.2, 0.25) is 0 Å². The number of nitrogens with zero attached hydrogens (tertiary/aromatic N) is 1. The molecule has 1 aromatic carbocycles. The first-order chi connectivity index (χ1) is 8.19. The number of nitrogens with one attached hydrogen (secondary N) is 1. The number of nitro groups is 1. The average molecular weight is 234 g/mol. The molecule has 0 aliphatic heterocycles. The van der Waals surface area contributed by atoms with Crippen molar-refractivity contribution >= 4 is 5.69 Å². The first kappa shape index (κ1) is 13.0. The molecule has 0 spiro atoms. The lowest BCUT2D eigenvalue weighted by Gasteiger charge is -2.02. The summed E-state index contributed by atoms with van der Waals surface area (Å²) in [6.45, 7) is 0.808. The fourth-order valence-corrected chi connectivity index (χ4v) is 1.24. The minimum absolute atomic E-state index is 0.00243. The van der Waals surface area contributed by atoms with Crippen LogP contribution in [0.5, 0.6) is 5.75 Å². The summed E-state index contributed by atoms with van der Waals surface area (Å²) < 4.78 is 5.07. The van der Waals surface area contributed by atoms with E-state index in [-0.39, 0.29) is 5.69 Å². The van der Waals surface area contributed by atoms with Crippen LogP contribution in [0.15, 0.2) is 18.2 Å². The summed E-state index contributed by atoms with van der Waals surface area (Å²) in [5, 5.41) is 13.6. The molecule has 1 aromatic rings. The highest BCUT2D eigenvalue weighted by Gasteiger charge is 2.09. The Bertz CT molecular complexity index is 461. The molecule has 5 heteroatoms. The summed E-state index contributed by atoms with van der Waals surface area (Å²) in [4.78, 5) is 10.1. The normalized spacial score (nSPS) is 9.29. The van der Waals surface area contributed by atoms with Crippen LogP contribution in [0.3, 0.4) is 0 Å². The van der Waals surface area contributed by atoms with E-state index >= 15 is 0 Å². The smallest absolute Gasteiger partial charge is 0.273 e. The maximum absolute atomic E-state index is 10.6. The summed E-state index contributed by atoms with van der Waals surface area (Å²) in [5.41, 5.74) is 0.664. The Morgan fingerprint density at radius 1 is 1.53 bits per heavy atom. The molecule has 0 atom stereocenters. The Balaban J connectivity index is 2.91. The molecule has 0 bridgehead atoms. The van der Waals surface area contributed by atoms with Gasteiger partial charge in [-0.05, 0) is 13.1 Å². The third-order valence-electron chi connectivity index (χ3n) is 2.12. The van der Waals surface area contributed by atoms with Gasteiger partial charge in [-0.3, -0.25) is 10.1 Å². The second kappa shape index (κ2) is 6.51. The zero-order chi connectivity index (χ0) is 12.7. The van der Waals surface area contributed by atoms with Crippen molar-refractivity contribution in [1.29, 1.82) is 0 Å². The predicted molar refractivity (Wildman–Crippen MR) is 65.1 cm³/mol. The lowest BCUT2D eigenvalue weighted by molar-refractivity contribution is -0.384. The fourth-order valence-electron chi connectivity index (χ4n) is 1.24. The Labute approximate surface area is 99.9 Å². The van der Waals surface area contributed by atoms with Crippen LogP contribution in [-0.2, 0) is 0 Å². The summed E-state index contributed by atoms with van der Waals surface area (Å²) in [5.74, 6) is 6.32. The summed E-state index contributed by atoms with van der Waals surface area (Å²) >= 11 is 0. The van der Waals surface area contributed by atoms with Crippen LogP contribution in [0.1, 0.15) is 12.0 Å². The number of hydrogen-bond donors (Lipinski definition) is 1. The number of ether oxygens (including phenoxy) is 1. The molecule has 17 heavy (non-hydrogen) atoms. The minimum atomic E-state index is -0.458. The molecule has 0 heterocycles. The Morgan fingerprint density at radius 2 is 2.29 bits per heavy atom. The van der Waals surface area contributed by atoms with E-state index < -0.39 is 4.92 Å². The van der Waals surface area contributed by atoms with E-state index in [9.17, 15) is 10.1 Å². The highest BCUT2D eigenvalue weighted by molar-refractivity contribution is 5.51. The summed E-state index contributed by atoms with van der Waals surface area (Å²) in [7, 11) is 3.33. The average Bonchev–Trinajstić information content (AvgIpc) is 2.34. The van der Waals surface area contributed by atoms with E-state index in [1.165, 1.54) is 19.2 Å². The molecule has 0 saturated heterocycles. The maximum Gasteiger partial charge on any atom is 0.273 e. The largest absolute Gasteiger partial charge is 0.495 e. The quantitative estimate of drug-likeness (QED) is 0.371. The van der Waals surface area contributed by atoms with Gasteiger partial charge in [-0.1, -0.05) is 11.8 Å². The van der Waals surface area contributed by atoms with Crippen LogP contribution in [0.4, 0.5) is 5.69 Å². The van der Waals surface area contributed by atoms with E-state index in [2.05, 4.69) is 17.2 Å². The lowest BCUT2D eigenvalue weighted by atomic mass is 10.2. The van der Waals surface area contributed by atoms with Crippen LogP contribution in [0, 0.1) is 22.0 Å². The fraction of sp³-hybridized carbons (Fsp3) is 0.333. The third kappa shape index (κ3) is 3.78. The summed E-state index contributed by atoms with van der Waals surface area (Å²) in [6, 6.07) is 4.40. The van der Waals surface area contributed by atoms with Crippen molar-refractivity contribution in [1.82, 2.24) is 5.32 Å². The second-order valence-electron chi connectivity index (χ2n) is 3.30. The molecule has 1 rings (SSSR count). The van der Waals surface area contributed by atoms with E-state index in [4.69, 9.17) is 4.74 Å². The monoisotopic (exact) mass is 234 g/mol. The highest BCUT2D eigenvalue weighted by atomic mass is 16.6. The van der Waals surface area contributed by atoms with Gasteiger partial charge in [0.1, 0.15) is 5.75 Å². The van der Waals surface area contributed by atoms with Gasteiger partial charge in [0, 0.05) is 19.0 Å². The van der Waals surface area contributed by atoms with Gasteiger partial charge in [-0.2, -0.15) is 0 Å². The van der Waals surface area contributed by atoms with Crippen molar-refractivity contribution in [3.8, 4) is 17.6 Å². The van der Waals surface area contributed by atoms with Crippen LogP contribution < -0.4 is 10.1 Å².